The Morgan fingerprint density at radius 1 is 1.08 bits per heavy atom. The van der Waals surface area contributed by atoms with Gasteiger partial charge in [-0.2, -0.15) is 0 Å². The Bertz CT molecular complexity index is 952. The van der Waals surface area contributed by atoms with Crippen molar-refractivity contribution < 1.29 is 14.3 Å². The molecule has 6 nitrogen and oxygen atoms in total. The fourth-order valence-electron chi connectivity index (χ4n) is 2.61. The number of pyridine rings is 1. The molecule has 1 heterocycles. The van der Waals surface area contributed by atoms with Crippen LogP contribution in [0.4, 0.5) is 5.69 Å². The molecule has 0 aliphatic heterocycles. The van der Waals surface area contributed by atoms with Crippen molar-refractivity contribution in [1.82, 2.24) is 10.3 Å². The van der Waals surface area contributed by atoms with Crippen molar-refractivity contribution >= 4 is 28.5 Å². The molecule has 2 aromatic carbocycles. The van der Waals surface area contributed by atoms with Gasteiger partial charge in [0.05, 0.1) is 36.0 Å². The van der Waals surface area contributed by atoms with Crippen LogP contribution in [-0.4, -0.2) is 24.0 Å². The molecule has 0 saturated carbocycles. The average Bonchev–Trinajstić information content (AvgIpc) is 2.67. The Balaban J connectivity index is 1.60. The summed E-state index contributed by atoms with van der Waals surface area (Å²) >= 11 is 0. The Kier molecular flexibility index (Phi) is 5.12. The second-order valence-corrected chi connectivity index (χ2v) is 5.86. The minimum Gasteiger partial charge on any atom is -0.465 e. The number of nitrogens with zero attached hydrogens (tertiary/aromatic N) is 1. The number of nitrogen functional groups attached to an aromatic ring is 1. The maximum atomic E-state index is 12.2. The van der Waals surface area contributed by atoms with Crippen molar-refractivity contribution in [2.75, 3.05) is 12.8 Å². The molecule has 1 aromatic heterocycles. The lowest BCUT2D eigenvalue weighted by molar-refractivity contribution is -0.120. The van der Waals surface area contributed by atoms with Crippen LogP contribution in [-0.2, 0) is 22.5 Å². The summed E-state index contributed by atoms with van der Waals surface area (Å²) in [5, 5.41) is 3.79. The van der Waals surface area contributed by atoms with Gasteiger partial charge in [-0.1, -0.05) is 30.3 Å². The highest BCUT2D eigenvalue weighted by Crippen LogP contribution is 2.19. The molecule has 0 radical (unpaired) electrons. The van der Waals surface area contributed by atoms with Gasteiger partial charge in [-0.05, 0) is 29.8 Å². The van der Waals surface area contributed by atoms with Crippen molar-refractivity contribution in [3.05, 3.63) is 71.4 Å². The number of methoxy groups -OCH3 is 1. The van der Waals surface area contributed by atoms with Gasteiger partial charge in [0.15, 0.2) is 0 Å². The molecule has 26 heavy (non-hydrogen) atoms. The minimum absolute atomic E-state index is 0.136. The zero-order valence-corrected chi connectivity index (χ0v) is 14.4. The summed E-state index contributed by atoms with van der Waals surface area (Å²) in [6.45, 7) is 0.371. The van der Waals surface area contributed by atoms with Crippen molar-refractivity contribution in [2.24, 2.45) is 0 Å². The Morgan fingerprint density at radius 2 is 1.85 bits per heavy atom. The van der Waals surface area contributed by atoms with Crippen molar-refractivity contribution in [3.8, 4) is 0 Å². The van der Waals surface area contributed by atoms with E-state index in [1.165, 1.54) is 7.11 Å². The van der Waals surface area contributed by atoms with Gasteiger partial charge in [-0.15, -0.1) is 0 Å². The van der Waals surface area contributed by atoms with E-state index >= 15 is 0 Å². The molecule has 0 saturated heterocycles. The van der Waals surface area contributed by atoms with E-state index in [2.05, 4.69) is 15.0 Å². The number of fused-ring (bicyclic) bond motifs is 1. The SMILES string of the molecule is COC(=O)c1ccc(CNC(=O)Cc2ccc3cccc(N)c3n2)cc1. The summed E-state index contributed by atoms with van der Waals surface area (Å²) in [7, 11) is 1.34. The topological polar surface area (TPSA) is 94.3 Å². The standard InChI is InChI=1S/C20H19N3O3/c1-26-20(25)15-7-5-13(6-8-15)12-22-18(24)11-16-10-9-14-3-2-4-17(21)19(14)23-16/h2-10H,11-12,21H2,1H3,(H,22,24). The molecule has 0 spiro atoms. The predicted molar refractivity (Wildman–Crippen MR) is 99.5 cm³/mol. The second-order valence-electron chi connectivity index (χ2n) is 5.86. The van der Waals surface area contributed by atoms with Crippen LogP contribution in [0.25, 0.3) is 10.9 Å². The van der Waals surface area contributed by atoms with E-state index in [1.54, 1.807) is 30.3 Å². The molecule has 3 rings (SSSR count). The third-order valence-corrected chi connectivity index (χ3v) is 4.02. The highest BCUT2D eigenvalue weighted by molar-refractivity contribution is 5.90. The number of carbonyl (C=O) groups is 2. The molecule has 0 fully saturated rings. The Hall–Kier alpha value is -3.41. The first-order valence-electron chi connectivity index (χ1n) is 8.15. The van der Waals surface area contributed by atoms with Crippen LogP contribution in [0.15, 0.2) is 54.6 Å². The molecule has 0 unspecified atom stereocenters. The summed E-state index contributed by atoms with van der Waals surface area (Å²) in [5.41, 5.74) is 9.26. The number of carbonyl (C=O) groups excluding carboxylic acids is 2. The van der Waals surface area contributed by atoms with E-state index in [0.29, 0.717) is 29.0 Å². The number of anilines is 1. The van der Waals surface area contributed by atoms with Crippen molar-refractivity contribution in [3.63, 3.8) is 0 Å². The monoisotopic (exact) mass is 349 g/mol. The van der Waals surface area contributed by atoms with Gasteiger partial charge >= 0.3 is 5.97 Å². The van der Waals surface area contributed by atoms with Gasteiger partial charge in [-0.3, -0.25) is 9.78 Å². The van der Waals surface area contributed by atoms with Crippen molar-refractivity contribution in [1.29, 1.82) is 0 Å². The molecule has 0 aliphatic rings. The molecule has 3 N–H and O–H groups in total. The summed E-state index contributed by atoms with van der Waals surface area (Å²) in [6, 6.07) is 16.2. The first kappa shape index (κ1) is 17.4. The fraction of sp³-hybridized carbons (Fsp3) is 0.150. The highest BCUT2D eigenvalue weighted by Gasteiger charge is 2.08. The molecule has 0 bridgehead atoms. The highest BCUT2D eigenvalue weighted by atomic mass is 16.5. The van der Waals surface area contributed by atoms with E-state index in [1.807, 2.05) is 24.3 Å². The molecular formula is C20H19N3O3. The number of rotatable bonds is 5. The molecule has 132 valence electrons. The lowest BCUT2D eigenvalue weighted by Crippen LogP contribution is -2.25. The van der Waals surface area contributed by atoms with E-state index in [4.69, 9.17) is 5.73 Å². The first-order valence-corrected chi connectivity index (χ1v) is 8.15. The van der Waals surface area contributed by atoms with Crippen LogP contribution in [0.5, 0.6) is 0 Å². The largest absolute Gasteiger partial charge is 0.465 e. The Labute approximate surface area is 151 Å². The average molecular weight is 349 g/mol. The van der Waals surface area contributed by atoms with Gasteiger partial charge < -0.3 is 15.8 Å². The van der Waals surface area contributed by atoms with Crippen LogP contribution in [0.1, 0.15) is 21.6 Å². The van der Waals surface area contributed by atoms with Gasteiger partial charge in [0, 0.05) is 11.9 Å². The van der Waals surface area contributed by atoms with E-state index in [9.17, 15) is 9.59 Å². The predicted octanol–water partition coefficient (Wildman–Crippen LogP) is 2.46. The third-order valence-electron chi connectivity index (χ3n) is 4.02. The summed E-state index contributed by atoms with van der Waals surface area (Å²) in [5.74, 6) is -0.523. The van der Waals surface area contributed by atoms with Crippen LogP contribution in [0, 0.1) is 0 Å². The smallest absolute Gasteiger partial charge is 0.337 e. The Morgan fingerprint density at radius 3 is 2.58 bits per heavy atom. The number of nitrogens with one attached hydrogen (secondary N) is 1. The van der Waals surface area contributed by atoms with Gasteiger partial charge in [0.25, 0.3) is 0 Å². The molecule has 0 atom stereocenters. The minimum atomic E-state index is -0.387. The lowest BCUT2D eigenvalue weighted by Gasteiger charge is -2.07. The van der Waals surface area contributed by atoms with Crippen LogP contribution < -0.4 is 11.1 Å². The lowest BCUT2D eigenvalue weighted by atomic mass is 10.1. The molecule has 1 amide bonds. The molecule has 0 aliphatic carbocycles. The van der Waals surface area contributed by atoms with E-state index in [0.717, 1.165) is 10.9 Å². The first-order chi connectivity index (χ1) is 12.6. The molecular weight excluding hydrogens is 330 g/mol. The quantitative estimate of drug-likeness (QED) is 0.545. The van der Waals surface area contributed by atoms with E-state index < -0.39 is 0 Å². The van der Waals surface area contributed by atoms with Crippen molar-refractivity contribution in [2.45, 2.75) is 13.0 Å². The fourth-order valence-corrected chi connectivity index (χ4v) is 2.61. The van der Waals surface area contributed by atoms with Crippen LogP contribution >= 0.6 is 0 Å². The van der Waals surface area contributed by atoms with Gasteiger partial charge in [0.1, 0.15) is 0 Å². The second kappa shape index (κ2) is 7.65. The molecule has 6 heteroatoms. The number of amides is 1. The number of ether oxygens (including phenoxy) is 1. The number of aromatic nitrogens is 1. The number of hydrogen-bond donors (Lipinski definition) is 2. The summed E-state index contributed by atoms with van der Waals surface area (Å²) < 4.78 is 4.66. The zero-order valence-electron chi connectivity index (χ0n) is 14.4. The number of hydrogen-bond acceptors (Lipinski definition) is 5. The third kappa shape index (κ3) is 3.97. The normalized spacial score (nSPS) is 10.5. The maximum Gasteiger partial charge on any atom is 0.337 e. The number of esters is 1. The van der Waals surface area contributed by atoms with Gasteiger partial charge in [-0.25, -0.2) is 4.79 Å². The maximum absolute atomic E-state index is 12.2. The number of benzene rings is 2. The zero-order chi connectivity index (χ0) is 18.5. The van der Waals surface area contributed by atoms with E-state index in [-0.39, 0.29) is 18.3 Å². The summed E-state index contributed by atoms with van der Waals surface area (Å²) in [6.07, 6.45) is 0.171. The summed E-state index contributed by atoms with van der Waals surface area (Å²) in [4.78, 5) is 28.0. The molecule has 3 aromatic rings. The van der Waals surface area contributed by atoms with Crippen LogP contribution in [0.3, 0.4) is 0 Å². The van der Waals surface area contributed by atoms with Gasteiger partial charge in [0.2, 0.25) is 5.91 Å². The van der Waals surface area contributed by atoms with Crippen LogP contribution in [0.2, 0.25) is 0 Å². The number of para-hydroxylation sites is 1. The number of nitrogens with two attached hydrogens (primary N) is 1.